The number of nitrogens with zero attached hydrogens (tertiary/aromatic N) is 5. The SMILES string of the molecule is CC1CN(c2ccccc2)CCN1C(=O)c1cc(CN2CCN(c3ccccc3Cl)CC2)cn1C. The van der Waals surface area contributed by atoms with Crippen LogP contribution in [-0.4, -0.2) is 72.1 Å². The highest BCUT2D eigenvalue weighted by Gasteiger charge is 2.30. The van der Waals surface area contributed by atoms with Crippen LogP contribution in [0, 0.1) is 0 Å². The highest BCUT2D eigenvalue weighted by molar-refractivity contribution is 6.33. The van der Waals surface area contributed by atoms with Crippen LogP contribution in [0.4, 0.5) is 11.4 Å². The predicted octanol–water partition coefficient (Wildman–Crippen LogP) is 4.35. The number of benzene rings is 2. The topological polar surface area (TPSA) is 35.0 Å². The van der Waals surface area contributed by atoms with E-state index in [4.69, 9.17) is 11.6 Å². The lowest BCUT2D eigenvalue weighted by Crippen LogP contribution is -2.54. The van der Waals surface area contributed by atoms with E-state index in [1.54, 1.807) is 0 Å². The van der Waals surface area contributed by atoms with Crippen LogP contribution in [0.15, 0.2) is 66.9 Å². The maximum Gasteiger partial charge on any atom is 0.270 e. The molecule has 184 valence electrons. The van der Waals surface area contributed by atoms with Gasteiger partial charge in [-0.2, -0.15) is 0 Å². The van der Waals surface area contributed by atoms with Crippen LogP contribution in [0.5, 0.6) is 0 Å². The lowest BCUT2D eigenvalue weighted by atomic mass is 10.1. The summed E-state index contributed by atoms with van der Waals surface area (Å²) < 4.78 is 1.99. The third-order valence-corrected chi connectivity index (χ3v) is 7.58. The van der Waals surface area contributed by atoms with Gasteiger partial charge in [0.15, 0.2) is 0 Å². The van der Waals surface area contributed by atoms with Crippen LogP contribution in [-0.2, 0) is 13.6 Å². The third-order valence-electron chi connectivity index (χ3n) is 7.26. The first-order valence-electron chi connectivity index (χ1n) is 12.5. The number of anilines is 2. The standard InChI is InChI=1S/C28H34ClN5O/c1-22-19-33(24-8-4-3-5-9-24)16-17-34(22)28(35)27-18-23(20-30(27)2)21-31-12-14-32(15-13-31)26-11-7-6-10-25(26)29/h3-11,18,20,22H,12-17,19,21H2,1-2H3. The number of para-hydroxylation sites is 2. The van der Waals surface area contributed by atoms with E-state index in [0.29, 0.717) is 0 Å². The Bertz CT molecular complexity index is 1160. The van der Waals surface area contributed by atoms with Gasteiger partial charge < -0.3 is 19.3 Å². The number of carbonyl (C=O) groups excluding carboxylic acids is 1. The fourth-order valence-corrected chi connectivity index (χ4v) is 5.58. The molecule has 0 spiro atoms. The minimum Gasteiger partial charge on any atom is -0.368 e. The van der Waals surface area contributed by atoms with Gasteiger partial charge in [-0.1, -0.05) is 41.9 Å². The van der Waals surface area contributed by atoms with Crippen LogP contribution in [0.1, 0.15) is 23.0 Å². The molecular formula is C28H34ClN5O. The summed E-state index contributed by atoms with van der Waals surface area (Å²) in [5.74, 6) is 0.127. The van der Waals surface area contributed by atoms with E-state index in [-0.39, 0.29) is 11.9 Å². The smallest absolute Gasteiger partial charge is 0.270 e. The first-order chi connectivity index (χ1) is 17.0. The molecule has 2 saturated heterocycles. The van der Waals surface area contributed by atoms with Crippen molar-refractivity contribution < 1.29 is 4.79 Å². The molecule has 1 atom stereocenters. The molecule has 6 nitrogen and oxygen atoms in total. The Balaban J connectivity index is 1.18. The van der Waals surface area contributed by atoms with Gasteiger partial charge in [0.25, 0.3) is 5.91 Å². The zero-order chi connectivity index (χ0) is 24.4. The van der Waals surface area contributed by atoms with E-state index >= 15 is 0 Å². The van der Waals surface area contributed by atoms with E-state index in [1.807, 2.05) is 40.8 Å². The number of halogens is 1. The molecule has 0 N–H and O–H groups in total. The van der Waals surface area contributed by atoms with Gasteiger partial charge in [-0.15, -0.1) is 0 Å². The molecule has 3 heterocycles. The van der Waals surface area contributed by atoms with Gasteiger partial charge in [-0.25, -0.2) is 0 Å². The molecule has 1 amide bonds. The molecule has 0 aliphatic carbocycles. The maximum absolute atomic E-state index is 13.5. The van der Waals surface area contributed by atoms with Crippen molar-refractivity contribution in [2.24, 2.45) is 7.05 Å². The van der Waals surface area contributed by atoms with E-state index in [2.05, 4.69) is 64.2 Å². The summed E-state index contributed by atoms with van der Waals surface area (Å²) >= 11 is 6.39. The van der Waals surface area contributed by atoms with Crippen molar-refractivity contribution in [1.82, 2.24) is 14.4 Å². The minimum absolute atomic E-state index is 0.127. The number of piperazine rings is 2. The summed E-state index contributed by atoms with van der Waals surface area (Å²) in [7, 11) is 1.98. The molecular weight excluding hydrogens is 458 g/mol. The number of rotatable bonds is 5. The Morgan fingerprint density at radius 2 is 1.60 bits per heavy atom. The zero-order valence-corrected chi connectivity index (χ0v) is 21.4. The molecule has 7 heteroatoms. The Hall–Kier alpha value is -2.96. The lowest BCUT2D eigenvalue weighted by molar-refractivity contribution is 0.0664. The Morgan fingerprint density at radius 3 is 2.31 bits per heavy atom. The van der Waals surface area contributed by atoms with Gasteiger partial charge >= 0.3 is 0 Å². The molecule has 2 aliphatic heterocycles. The molecule has 2 aromatic carbocycles. The summed E-state index contributed by atoms with van der Waals surface area (Å²) in [6.07, 6.45) is 2.11. The van der Waals surface area contributed by atoms with E-state index in [1.165, 1.54) is 11.3 Å². The van der Waals surface area contributed by atoms with Crippen LogP contribution in [0.3, 0.4) is 0 Å². The molecule has 0 bridgehead atoms. The number of amides is 1. The molecule has 0 radical (unpaired) electrons. The Morgan fingerprint density at radius 1 is 0.914 bits per heavy atom. The average Bonchev–Trinajstić information content (AvgIpc) is 3.24. The zero-order valence-electron chi connectivity index (χ0n) is 20.6. The molecule has 35 heavy (non-hydrogen) atoms. The molecule has 3 aromatic rings. The van der Waals surface area contributed by atoms with Crippen molar-refractivity contribution in [1.29, 1.82) is 0 Å². The van der Waals surface area contributed by atoms with Gasteiger partial charge in [-0.05, 0) is 42.8 Å². The quantitative estimate of drug-likeness (QED) is 0.531. The van der Waals surface area contributed by atoms with Crippen molar-refractivity contribution in [2.75, 3.05) is 55.6 Å². The summed E-state index contributed by atoms with van der Waals surface area (Å²) in [5, 5.41) is 0.811. The molecule has 2 fully saturated rings. The summed E-state index contributed by atoms with van der Waals surface area (Å²) in [5.41, 5.74) is 4.30. The van der Waals surface area contributed by atoms with Crippen LogP contribution in [0.2, 0.25) is 5.02 Å². The van der Waals surface area contributed by atoms with Crippen molar-refractivity contribution >= 4 is 28.9 Å². The van der Waals surface area contributed by atoms with Crippen LogP contribution < -0.4 is 9.80 Å². The number of aromatic nitrogens is 1. The molecule has 1 unspecified atom stereocenters. The second-order valence-electron chi connectivity index (χ2n) is 9.69. The number of hydrogen-bond acceptors (Lipinski definition) is 4. The normalized spacial score (nSPS) is 19.3. The van der Waals surface area contributed by atoms with Crippen molar-refractivity contribution in [2.45, 2.75) is 19.5 Å². The van der Waals surface area contributed by atoms with E-state index in [9.17, 15) is 4.79 Å². The highest BCUT2D eigenvalue weighted by atomic mass is 35.5. The van der Waals surface area contributed by atoms with Crippen LogP contribution in [0.25, 0.3) is 0 Å². The first-order valence-corrected chi connectivity index (χ1v) is 12.9. The lowest BCUT2D eigenvalue weighted by Gasteiger charge is -2.41. The number of carbonyl (C=O) groups is 1. The maximum atomic E-state index is 13.5. The van der Waals surface area contributed by atoms with Gasteiger partial charge in [0, 0.05) is 77.3 Å². The third kappa shape index (κ3) is 5.19. The Labute approximate surface area is 213 Å². The van der Waals surface area contributed by atoms with E-state index in [0.717, 1.165) is 68.8 Å². The minimum atomic E-state index is 0.127. The Kier molecular flexibility index (Phi) is 7.02. The molecule has 1 aromatic heterocycles. The predicted molar refractivity (Wildman–Crippen MR) is 144 cm³/mol. The number of aryl methyl sites for hydroxylation is 1. The van der Waals surface area contributed by atoms with Gasteiger partial charge in [0.1, 0.15) is 5.69 Å². The van der Waals surface area contributed by atoms with E-state index < -0.39 is 0 Å². The van der Waals surface area contributed by atoms with Gasteiger partial charge in [0.05, 0.1) is 10.7 Å². The number of hydrogen-bond donors (Lipinski definition) is 0. The van der Waals surface area contributed by atoms with Gasteiger partial charge in [-0.3, -0.25) is 9.69 Å². The molecule has 5 rings (SSSR count). The molecule has 0 saturated carbocycles. The monoisotopic (exact) mass is 491 g/mol. The van der Waals surface area contributed by atoms with Crippen molar-refractivity contribution in [3.05, 3.63) is 83.1 Å². The second kappa shape index (κ2) is 10.3. The summed E-state index contributed by atoms with van der Waals surface area (Å²) in [6.45, 7) is 9.29. The van der Waals surface area contributed by atoms with Gasteiger partial charge in [0.2, 0.25) is 0 Å². The average molecular weight is 492 g/mol. The molecule has 2 aliphatic rings. The fourth-order valence-electron chi connectivity index (χ4n) is 5.33. The van der Waals surface area contributed by atoms with Crippen LogP contribution >= 0.6 is 11.6 Å². The fraction of sp³-hybridized carbons (Fsp3) is 0.393. The second-order valence-corrected chi connectivity index (χ2v) is 10.1. The first kappa shape index (κ1) is 23.8. The largest absolute Gasteiger partial charge is 0.368 e. The van der Waals surface area contributed by atoms with Crippen molar-refractivity contribution in [3.63, 3.8) is 0 Å². The summed E-state index contributed by atoms with van der Waals surface area (Å²) in [6, 6.07) is 20.8. The van der Waals surface area contributed by atoms with Crippen molar-refractivity contribution in [3.8, 4) is 0 Å². The highest BCUT2D eigenvalue weighted by Crippen LogP contribution is 2.26. The summed E-state index contributed by atoms with van der Waals surface area (Å²) in [4.78, 5) is 22.7.